The van der Waals surface area contributed by atoms with Gasteiger partial charge < -0.3 is 9.30 Å². The number of pyridine rings is 1. The van der Waals surface area contributed by atoms with Gasteiger partial charge in [-0.15, -0.1) is 0 Å². The molecule has 1 aliphatic heterocycles. The molecule has 0 N–H and O–H groups in total. The fourth-order valence-corrected chi connectivity index (χ4v) is 3.20. The van der Waals surface area contributed by atoms with E-state index in [9.17, 15) is 0 Å². The van der Waals surface area contributed by atoms with Gasteiger partial charge >= 0.3 is 0 Å². The highest BCUT2D eigenvalue weighted by molar-refractivity contribution is 5.33. The Morgan fingerprint density at radius 2 is 1.92 bits per heavy atom. The van der Waals surface area contributed by atoms with Crippen molar-refractivity contribution in [1.82, 2.24) is 19.4 Å². The lowest BCUT2D eigenvalue weighted by molar-refractivity contribution is 0.135. The summed E-state index contributed by atoms with van der Waals surface area (Å²) >= 11 is 0. The fraction of sp³-hybridized carbons (Fsp3) is 0.300. The molecule has 0 aliphatic carbocycles. The minimum absolute atomic E-state index is 0.551. The number of ether oxygens (including phenoxy) is 1. The lowest BCUT2D eigenvalue weighted by Gasteiger charge is -2.39. The molecule has 0 atom stereocenters. The molecule has 0 bridgehead atoms. The number of nitrogens with zero attached hydrogens (tertiary/aromatic N) is 4. The number of rotatable bonds is 7. The number of imidazole rings is 1. The summed E-state index contributed by atoms with van der Waals surface area (Å²) in [5.41, 5.74) is 2.44. The maximum atomic E-state index is 6.00. The normalized spacial score (nSPS) is 15.0. The highest BCUT2D eigenvalue weighted by Crippen LogP contribution is 2.29. The third-order valence-corrected chi connectivity index (χ3v) is 4.60. The highest BCUT2D eigenvalue weighted by atomic mass is 16.5. The van der Waals surface area contributed by atoms with Crippen molar-refractivity contribution in [3.05, 3.63) is 78.6 Å². The average Bonchev–Trinajstić information content (AvgIpc) is 3.13. The van der Waals surface area contributed by atoms with Crippen LogP contribution in [0.15, 0.2) is 67.4 Å². The monoisotopic (exact) mass is 334 g/mol. The summed E-state index contributed by atoms with van der Waals surface area (Å²) in [4.78, 5) is 11.0. The first kappa shape index (κ1) is 15.8. The van der Waals surface area contributed by atoms with Gasteiger partial charge in [0, 0.05) is 55.4 Å². The van der Waals surface area contributed by atoms with Gasteiger partial charge in [0.05, 0.1) is 12.9 Å². The molecule has 5 heteroatoms. The predicted octanol–water partition coefficient (Wildman–Crippen LogP) is 2.96. The van der Waals surface area contributed by atoms with Gasteiger partial charge in [0.15, 0.2) is 0 Å². The molecule has 1 aliphatic rings. The Hall–Kier alpha value is -2.66. The van der Waals surface area contributed by atoms with Crippen molar-refractivity contribution in [2.45, 2.75) is 19.0 Å². The molecule has 0 unspecified atom stereocenters. The molecule has 0 saturated carbocycles. The number of para-hydroxylation sites is 1. The first-order valence-electron chi connectivity index (χ1n) is 8.68. The Balaban J connectivity index is 1.31. The largest absolute Gasteiger partial charge is 0.491 e. The van der Waals surface area contributed by atoms with E-state index in [2.05, 4.69) is 45.2 Å². The molecule has 0 spiro atoms. The molecule has 1 fully saturated rings. The van der Waals surface area contributed by atoms with Crippen LogP contribution in [-0.2, 0) is 13.1 Å². The van der Waals surface area contributed by atoms with Crippen LogP contribution in [0.5, 0.6) is 5.75 Å². The Bertz CT molecular complexity index is 782. The summed E-state index contributed by atoms with van der Waals surface area (Å²) in [6.45, 7) is 4.48. The minimum atomic E-state index is 0.551. The van der Waals surface area contributed by atoms with E-state index < -0.39 is 0 Å². The van der Waals surface area contributed by atoms with Crippen molar-refractivity contribution in [3.8, 4) is 5.75 Å². The van der Waals surface area contributed by atoms with Crippen LogP contribution in [-0.4, -0.2) is 39.1 Å². The Kier molecular flexibility index (Phi) is 4.74. The summed E-state index contributed by atoms with van der Waals surface area (Å²) in [6.07, 6.45) is 7.43. The lowest BCUT2D eigenvalue weighted by Crippen LogP contribution is -2.44. The van der Waals surface area contributed by atoms with E-state index >= 15 is 0 Å². The van der Waals surface area contributed by atoms with E-state index in [1.165, 1.54) is 11.3 Å². The van der Waals surface area contributed by atoms with Gasteiger partial charge in [-0.1, -0.05) is 24.3 Å². The van der Waals surface area contributed by atoms with Gasteiger partial charge in [0.1, 0.15) is 12.4 Å². The summed E-state index contributed by atoms with van der Waals surface area (Å²) in [5.74, 6) is 1.53. The fourth-order valence-electron chi connectivity index (χ4n) is 3.20. The SMILES string of the molecule is c1ccc(C2CN(Cc3ccccc3OCCn3ccnc3)C2)nc1. The first-order valence-corrected chi connectivity index (χ1v) is 8.68. The third-order valence-electron chi connectivity index (χ3n) is 4.60. The lowest BCUT2D eigenvalue weighted by atomic mass is 9.95. The number of hydrogen-bond donors (Lipinski definition) is 0. The Morgan fingerprint density at radius 3 is 2.72 bits per heavy atom. The van der Waals surface area contributed by atoms with E-state index in [1.54, 1.807) is 6.20 Å². The van der Waals surface area contributed by atoms with Crippen LogP contribution in [0.1, 0.15) is 17.2 Å². The van der Waals surface area contributed by atoms with Crippen LogP contribution in [0.3, 0.4) is 0 Å². The van der Waals surface area contributed by atoms with Crippen molar-refractivity contribution in [2.75, 3.05) is 19.7 Å². The minimum Gasteiger partial charge on any atom is -0.491 e. The smallest absolute Gasteiger partial charge is 0.123 e. The summed E-state index contributed by atoms with van der Waals surface area (Å²) in [5, 5.41) is 0. The summed E-state index contributed by atoms with van der Waals surface area (Å²) in [7, 11) is 0. The van der Waals surface area contributed by atoms with Gasteiger partial charge in [-0.25, -0.2) is 4.98 Å². The van der Waals surface area contributed by atoms with E-state index in [0.29, 0.717) is 12.5 Å². The standard InChI is InChI=1S/C20H22N4O/c1-2-7-20(25-12-11-23-10-9-21-16-23)17(5-1)13-24-14-18(15-24)19-6-3-4-8-22-19/h1-10,16,18H,11-15H2. The second kappa shape index (κ2) is 7.49. The molecule has 25 heavy (non-hydrogen) atoms. The van der Waals surface area contributed by atoms with Gasteiger partial charge in [0.25, 0.3) is 0 Å². The quantitative estimate of drug-likeness (QED) is 0.666. The van der Waals surface area contributed by atoms with Gasteiger partial charge in [-0.2, -0.15) is 0 Å². The molecule has 1 saturated heterocycles. The molecule has 3 heterocycles. The van der Waals surface area contributed by atoms with Crippen molar-refractivity contribution in [2.24, 2.45) is 0 Å². The zero-order valence-corrected chi connectivity index (χ0v) is 14.2. The van der Waals surface area contributed by atoms with Crippen molar-refractivity contribution >= 4 is 0 Å². The molecule has 0 radical (unpaired) electrons. The van der Waals surface area contributed by atoms with Crippen LogP contribution in [0.25, 0.3) is 0 Å². The van der Waals surface area contributed by atoms with Gasteiger partial charge in [-0.3, -0.25) is 9.88 Å². The van der Waals surface area contributed by atoms with E-state index in [-0.39, 0.29) is 0 Å². The van der Waals surface area contributed by atoms with Crippen molar-refractivity contribution < 1.29 is 4.74 Å². The average molecular weight is 334 g/mol. The highest BCUT2D eigenvalue weighted by Gasteiger charge is 2.29. The topological polar surface area (TPSA) is 43.2 Å². The maximum absolute atomic E-state index is 6.00. The first-order chi connectivity index (χ1) is 12.4. The molecular weight excluding hydrogens is 312 g/mol. The molecular formula is C20H22N4O. The van der Waals surface area contributed by atoms with Gasteiger partial charge in [-0.05, 0) is 18.2 Å². The van der Waals surface area contributed by atoms with Crippen LogP contribution < -0.4 is 4.74 Å². The molecule has 5 nitrogen and oxygen atoms in total. The molecule has 1 aromatic carbocycles. The van der Waals surface area contributed by atoms with Crippen molar-refractivity contribution in [1.29, 1.82) is 0 Å². The van der Waals surface area contributed by atoms with Crippen LogP contribution in [0.2, 0.25) is 0 Å². The number of aromatic nitrogens is 3. The van der Waals surface area contributed by atoms with Crippen molar-refractivity contribution in [3.63, 3.8) is 0 Å². The van der Waals surface area contributed by atoms with Crippen LogP contribution in [0, 0.1) is 0 Å². The molecule has 128 valence electrons. The zero-order chi connectivity index (χ0) is 16.9. The molecule has 4 rings (SSSR count). The van der Waals surface area contributed by atoms with Crippen LogP contribution >= 0.6 is 0 Å². The molecule has 2 aromatic heterocycles. The summed E-state index contributed by atoms with van der Waals surface area (Å²) < 4.78 is 8.03. The number of likely N-dealkylation sites (tertiary alicyclic amines) is 1. The van der Waals surface area contributed by atoms with E-state index in [4.69, 9.17) is 4.74 Å². The molecule has 0 amide bonds. The predicted molar refractivity (Wildman–Crippen MR) is 96.4 cm³/mol. The number of benzene rings is 1. The van der Waals surface area contributed by atoms with E-state index in [0.717, 1.165) is 31.9 Å². The molecule has 3 aromatic rings. The van der Waals surface area contributed by atoms with Crippen LogP contribution in [0.4, 0.5) is 0 Å². The Morgan fingerprint density at radius 1 is 1.04 bits per heavy atom. The Labute approximate surface area is 147 Å². The number of hydrogen-bond acceptors (Lipinski definition) is 4. The van der Waals surface area contributed by atoms with Gasteiger partial charge in [0.2, 0.25) is 0 Å². The third kappa shape index (κ3) is 3.88. The van der Waals surface area contributed by atoms with E-state index in [1.807, 2.05) is 35.4 Å². The second-order valence-electron chi connectivity index (χ2n) is 6.40. The summed E-state index contributed by atoms with van der Waals surface area (Å²) in [6, 6.07) is 14.5. The second-order valence-corrected chi connectivity index (χ2v) is 6.40. The maximum Gasteiger partial charge on any atom is 0.123 e. The zero-order valence-electron chi connectivity index (χ0n) is 14.2.